The Balaban J connectivity index is 1.63. The molecular weight excluding hydrogens is 364 g/mol. The molecule has 1 aliphatic rings. The molecule has 0 radical (unpaired) electrons. The molecule has 0 bridgehead atoms. The minimum absolute atomic E-state index is 0.00882. The fraction of sp³-hybridized carbons (Fsp3) is 0.167. The Morgan fingerprint density at radius 3 is 2.21 bits per heavy atom. The Morgan fingerprint density at radius 2 is 1.62 bits per heavy atom. The number of benzene rings is 3. The number of fused-ring (bicyclic) bond motifs is 1. The third kappa shape index (κ3) is 3.85. The number of ether oxygens (including phenoxy) is 1. The molecule has 0 saturated heterocycles. The zero-order chi connectivity index (χ0) is 20.2. The summed E-state index contributed by atoms with van der Waals surface area (Å²) in [5, 5.41) is 3.01. The summed E-state index contributed by atoms with van der Waals surface area (Å²) < 4.78 is 5.58. The van der Waals surface area contributed by atoms with Gasteiger partial charge in [0, 0.05) is 18.3 Å². The van der Waals surface area contributed by atoms with Gasteiger partial charge in [-0.25, -0.2) is 0 Å². The van der Waals surface area contributed by atoms with Crippen molar-refractivity contribution in [1.82, 2.24) is 0 Å². The fourth-order valence-corrected chi connectivity index (χ4v) is 3.63. The summed E-state index contributed by atoms with van der Waals surface area (Å²) in [7, 11) is 0. The monoisotopic (exact) mass is 386 g/mol. The summed E-state index contributed by atoms with van der Waals surface area (Å²) in [6, 6.07) is 24.8. The summed E-state index contributed by atoms with van der Waals surface area (Å²) in [6.07, 6.45) is 0. The number of nitrogens with zero attached hydrogens (tertiary/aromatic N) is 1. The predicted molar refractivity (Wildman–Crippen MR) is 113 cm³/mol. The molecule has 0 unspecified atom stereocenters. The van der Waals surface area contributed by atoms with Crippen molar-refractivity contribution in [2.45, 2.75) is 12.8 Å². The molecule has 1 aliphatic heterocycles. The van der Waals surface area contributed by atoms with Gasteiger partial charge in [-0.3, -0.25) is 9.59 Å². The van der Waals surface area contributed by atoms with Gasteiger partial charge >= 0.3 is 0 Å². The first kappa shape index (κ1) is 18.7. The number of anilines is 2. The van der Waals surface area contributed by atoms with Crippen molar-refractivity contribution < 1.29 is 14.3 Å². The smallest absolute Gasteiger partial charge is 0.265 e. The molecule has 29 heavy (non-hydrogen) atoms. The highest BCUT2D eigenvalue weighted by molar-refractivity contribution is 6.00. The molecule has 0 fully saturated rings. The van der Waals surface area contributed by atoms with Crippen LogP contribution in [0.4, 0.5) is 11.4 Å². The van der Waals surface area contributed by atoms with Crippen LogP contribution >= 0.6 is 0 Å². The Kier molecular flexibility index (Phi) is 5.29. The average Bonchev–Trinajstić information content (AvgIpc) is 2.75. The van der Waals surface area contributed by atoms with Crippen LogP contribution < -0.4 is 15.0 Å². The number of likely N-dealkylation sites (N-methyl/N-ethyl adjacent to an activating group) is 1. The Bertz CT molecular complexity index is 979. The van der Waals surface area contributed by atoms with Gasteiger partial charge in [-0.15, -0.1) is 0 Å². The van der Waals surface area contributed by atoms with Gasteiger partial charge in [-0.2, -0.15) is 0 Å². The van der Waals surface area contributed by atoms with Gasteiger partial charge in [0.25, 0.3) is 5.91 Å². The first-order chi connectivity index (χ1) is 14.2. The number of carbonyl (C=O) groups excluding carboxylic acids is 2. The standard InChI is InChI=1S/C24H22N2O3/c1-2-26-20-14-13-19(15-21(20)29-16-22(26)27)25-24(28)23(17-9-5-3-6-10-17)18-11-7-4-8-12-18/h3-15,23H,2,16H2,1H3,(H,25,28). The second kappa shape index (κ2) is 8.19. The van der Waals surface area contributed by atoms with Gasteiger partial charge in [-0.05, 0) is 30.2 Å². The highest BCUT2D eigenvalue weighted by Gasteiger charge is 2.26. The van der Waals surface area contributed by atoms with E-state index in [-0.39, 0.29) is 18.4 Å². The Hall–Kier alpha value is -3.60. The van der Waals surface area contributed by atoms with E-state index >= 15 is 0 Å². The number of nitrogens with one attached hydrogen (secondary N) is 1. The van der Waals surface area contributed by atoms with Gasteiger partial charge in [0.05, 0.1) is 11.6 Å². The molecule has 4 rings (SSSR count). The van der Waals surface area contributed by atoms with Crippen LogP contribution in [0.2, 0.25) is 0 Å². The van der Waals surface area contributed by atoms with E-state index in [2.05, 4.69) is 5.32 Å². The summed E-state index contributed by atoms with van der Waals surface area (Å²) >= 11 is 0. The largest absolute Gasteiger partial charge is 0.481 e. The Labute approximate surface area is 169 Å². The molecule has 1 heterocycles. The van der Waals surface area contributed by atoms with Crippen LogP contribution in [0.1, 0.15) is 24.0 Å². The number of carbonyl (C=O) groups is 2. The zero-order valence-corrected chi connectivity index (χ0v) is 16.2. The molecule has 2 amide bonds. The van der Waals surface area contributed by atoms with Gasteiger partial charge in [0.2, 0.25) is 5.91 Å². The van der Waals surface area contributed by atoms with E-state index in [1.54, 1.807) is 17.0 Å². The van der Waals surface area contributed by atoms with Gasteiger partial charge in [0.1, 0.15) is 5.75 Å². The molecule has 0 spiro atoms. The predicted octanol–water partition coefficient (Wildman–Crippen LogP) is 4.20. The van der Waals surface area contributed by atoms with E-state index in [1.165, 1.54) is 0 Å². The highest BCUT2D eigenvalue weighted by atomic mass is 16.5. The molecular formula is C24H22N2O3. The van der Waals surface area contributed by atoms with Crippen molar-refractivity contribution in [1.29, 1.82) is 0 Å². The summed E-state index contributed by atoms with van der Waals surface area (Å²) in [6.45, 7) is 2.51. The average molecular weight is 386 g/mol. The molecule has 5 nitrogen and oxygen atoms in total. The SMILES string of the molecule is CCN1C(=O)COc2cc(NC(=O)C(c3ccccc3)c3ccccc3)ccc21. The van der Waals surface area contributed by atoms with Gasteiger partial charge in [0.15, 0.2) is 6.61 Å². The summed E-state index contributed by atoms with van der Waals surface area (Å²) in [4.78, 5) is 26.9. The lowest BCUT2D eigenvalue weighted by molar-refractivity contribution is -0.121. The van der Waals surface area contributed by atoms with E-state index < -0.39 is 5.92 Å². The van der Waals surface area contributed by atoms with Crippen molar-refractivity contribution in [2.75, 3.05) is 23.4 Å². The highest BCUT2D eigenvalue weighted by Crippen LogP contribution is 2.35. The van der Waals surface area contributed by atoms with E-state index in [0.29, 0.717) is 18.0 Å². The van der Waals surface area contributed by atoms with E-state index in [9.17, 15) is 9.59 Å². The Morgan fingerprint density at radius 1 is 1.00 bits per heavy atom. The molecule has 0 aromatic heterocycles. The maximum absolute atomic E-state index is 13.2. The molecule has 0 saturated carbocycles. The lowest BCUT2D eigenvalue weighted by Crippen LogP contribution is -2.38. The number of hydrogen-bond acceptors (Lipinski definition) is 3. The van der Waals surface area contributed by atoms with E-state index in [1.807, 2.05) is 73.7 Å². The van der Waals surface area contributed by atoms with Gasteiger partial charge in [-0.1, -0.05) is 60.7 Å². The maximum Gasteiger partial charge on any atom is 0.265 e. The first-order valence-electron chi connectivity index (χ1n) is 9.65. The molecule has 3 aromatic rings. The molecule has 3 aromatic carbocycles. The minimum Gasteiger partial charge on any atom is -0.481 e. The van der Waals surface area contributed by atoms with Crippen LogP contribution in [-0.4, -0.2) is 25.0 Å². The molecule has 0 atom stereocenters. The van der Waals surface area contributed by atoms with Crippen LogP contribution in [0.25, 0.3) is 0 Å². The quantitative estimate of drug-likeness (QED) is 0.715. The van der Waals surface area contributed by atoms with Crippen LogP contribution in [0.15, 0.2) is 78.9 Å². The second-order valence-electron chi connectivity index (χ2n) is 6.85. The van der Waals surface area contributed by atoms with Crippen LogP contribution in [-0.2, 0) is 9.59 Å². The van der Waals surface area contributed by atoms with Crippen LogP contribution in [0, 0.1) is 0 Å². The normalized spacial score (nSPS) is 13.0. The number of amides is 2. The van der Waals surface area contributed by atoms with E-state index in [4.69, 9.17) is 4.74 Å². The summed E-state index contributed by atoms with van der Waals surface area (Å²) in [5.41, 5.74) is 3.21. The summed E-state index contributed by atoms with van der Waals surface area (Å²) in [5.74, 6) is -0.0186. The molecule has 1 N–H and O–H groups in total. The third-order valence-electron chi connectivity index (χ3n) is 5.01. The van der Waals surface area contributed by atoms with Gasteiger partial charge < -0.3 is 15.0 Å². The topological polar surface area (TPSA) is 58.6 Å². The zero-order valence-electron chi connectivity index (χ0n) is 16.2. The maximum atomic E-state index is 13.2. The van der Waals surface area contributed by atoms with Crippen molar-refractivity contribution in [3.05, 3.63) is 90.0 Å². The third-order valence-corrected chi connectivity index (χ3v) is 5.01. The number of rotatable bonds is 5. The minimum atomic E-state index is -0.428. The first-order valence-corrected chi connectivity index (χ1v) is 9.65. The van der Waals surface area contributed by atoms with E-state index in [0.717, 1.165) is 16.8 Å². The molecule has 146 valence electrons. The second-order valence-corrected chi connectivity index (χ2v) is 6.85. The molecule has 0 aliphatic carbocycles. The van der Waals surface area contributed by atoms with Crippen molar-refractivity contribution in [3.8, 4) is 5.75 Å². The van der Waals surface area contributed by atoms with Crippen molar-refractivity contribution >= 4 is 23.2 Å². The van der Waals surface area contributed by atoms with Crippen molar-refractivity contribution in [3.63, 3.8) is 0 Å². The number of hydrogen-bond donors (Lipinski definition) is 1. The van der Waals surface area contributed by atoms with Crippen LogP contribution in [0.3, 0.4) is 0 Å². The lowest BCUT2D eigenvalue weighted by atomic mass is 9.90. The van der Waals surface area contributed by atoms with Crippen molar-refractivity contribution in [2.24, 2.45) is 0 Å². The molecule has 5 heteroatoms. The van der Waals surface area contributed by atoms with Crippen LogP contribution in [0.5, 0.6) is 5.75 Å². The fourth-order valence-electron chi connectivity index (χ4n) is 3.63. The lowest BCUT2D eigenvalue weighted by Gasteiger charge is -2.28.